The van der Waals surface area contributed by atoms with Crippen molar-refractivity contribution in [3.63, 3.8) is 0 Å². The molecule has 17 heavy (non-hydrogen) atoms. The van der Waals surface area contributed by atoms with E-state index in [9.17, 15) is 13.6 Å². The zero-order chi connectivity index (χ0) is 13.0. The molecule has 0 saturated heterocycles. The van der Waals surface area contributed by atoms with Crippen LogP contribution in [-0.2, 0) is 16.0 Å². The third-order valence-corrected chi connectivity index (χ3v) is 2.60. The molecule has 6 heteroatoms. The fourth-order valence-corrected chi connectivity index (χ4v) is 1.52. The lowest BCUT2D eigenvalue weighted by Crippen LogP contribution is -2.09. The first kappa shape index (κ1) is 13.8. The number of nitrogens with zero attached hydrogens (tertiary/aromatic N) is 1. The molecular weight excluding hydrogens is 252 g/mol. The normalized spacial score (nSPS) is 10.7. The Morgan fingerprint density at radius 2 is 2.24 bits per heavy atom. The van der Waals surface area contributed by atoms with E-state index in [0.29, 0.717) is 5.56 Å². The Kier molecular flexibility index (Phi) is 4.81. The molecule has 1 aromatic rings. The van der Waals surface area contributed by atoms with Crippen LogP contribution in [0.1, 0.15) is 30.3 Å². The van der Waals surface area contributed by atoms with Gasteiger partial charge in [-0.2, -0.15) is 0 Å². The van der Waals surface area contributed by atoms with Crippen molar-refractivity contribution in [1.29, 1.82) is 0 Å². The molecule has 0 unspecified atom stereocenters. The summed E-state index contributed by atoms with van der Waals surface area (Å²) in [5, 5.41) is 0.224. The lowest BCUT2D eigenvalue weighted by Gasteiger charge is -2.09. The maximum Gasteiger partial charge on any atom is 0.310 e. The van der Waals surface area contributed by atoms with Gasteiger partial charge in [-0.05, 0) is 25.5 Å². The van der Waals surface area contributed by atoms with Crippen LogP contribution >= 0.6 is 11.6 Å². The van der Waals surface area contributed by atoms with Crippen LogP contribution in [0.2, 0.25) is 5.02 Å². The quantitative estimate of drug-likeness (QED) is 0.784. The van der Waals surface area contributed by atoms with Crippen LogP contribution in [-0.4, -0.2) is 17.6 Å². The number of esters is 1. The van der Waals surface area contributed by atoms with Crippen molar-refractivity contribution in [3.8, 4) is 0 Å². The van der Waals surface area contributed by atoms with Crippen molar-refractivity contribution in [2.24, 2.45) is 0 Å². The Balaban J connectivity index is 3.01. The van der Waals surface area contributed by atoms with Gasteiger partial charge in [-0.15, -0.1) is 0 Å². The molecule has 3 nitrogen and oxygen atoms in total. The summed E-state index contributed by atoms with van der Waals surface area (Å²) in [7, 11) is 0. The van der Waals surface area contributed by atoms with Gasteiger partial charge < -0.3 is 4.74 Å². The molecule has 0 aliphatic carbocycles. The molecule has 0 bridgehead atoms. The second kappa shape index (κ2) is 5.91. The molecular formula is C11H12ClF2NO2. The van der Waals surface area contributed by atoms with Gasteiger partial charge in [-0.3, -0.25) is 9.78 Å². The van der Waals surface area contributed by atoms with Crippen LogP contribution in [0.5, 0.6) is 0 Å². The van der Waals surface area contributed by atoms with E-state index in [1.807, 2.05) is 0 Å². The van der Waals surface area contributed by atoms with E-state index in [1.165, 1.54) is 6.92 Å². The maximum absolute atomic E-state index is 12.5. The molecule has 0 radical (unpaired) electrons. The fourth-order valence-electron chi connectivity index (χ4n) is 1.36. The summed E-state index contributed by atoms with van der Waals surface area (Å²) in [4.78, 5) is 14.9. The highest BCUT2D eigenvalue weighted by Crippen LogP contribution is 2.25. The molecule has 0 amide bonds. The van der Waals surface area contributed by atoms with Gasteiger partial charge in [0, 0.05) is 0 Å². The maximum atomic E-state index is 12.5. The molecule has 0 fully saturated rings. The standard InChI is InChI=1S/C11H12ClF2NO2/c1-3-17-9(16)5-7-4-8(11(13)14)15-6(2)10(7)12/h4,11H,3,5H2,1-2H3. The molecule has 1 aromatic heterocycles. The van der Waals surface area contributed by atoms with Crippen LogP contribution in [0, 0.1) is 6.92 Å². The largest absolute Gasteiger partial charge is 0.466 e. The summed E-state index contributed by atoms with van der Waals surface area (Å²) in [6.07, 6.45) is -2.82. The van der Waals surface area contributed by atoms with Gasteiger partial charge >= 0.3 is 5.97 Å². The van der Waals surface area contributed by atoms with Gasteiger partial charge in [0.2, 0.25) is 0 Å². The van der Waals surface area contributed by atoms with E-state index in [-0.39, 0.29) is 29.4 Å². The fraction of sp³-hybridized carbons (Fsp3) is 0.455. The van der Waals surface area contributed by atoms with Crippen molar-refractivity contribution < 1.29 is 18.3 Å². The number of alkyl halides is 2. The number of aryl methyl sites for hydroxylation is 1. The average Bonchev–Trinajstić information content (AvgIpc) is 2.24. The number of aromatic nitrogens is 1. The Morgan fingerprint density at radius 3 is 2.76 bits per heavy atom. The van der Waals surface area contributed by atoms with E-state index in [4.69, 9.17) is 16.3 Å². The number of pyridine rings is 1. The molecule has 1 rings (SSSR count). The highest BCUT2D eigenvalue weighted by atomic mass is 35.5. The topological polar surface area (TPSA) is 39.2 Å². The molecule has 0 atom stereocenters. The Hall–Kier alpha value is -1.23. The van der Waals surface area contributed by atoms with E-state index in [1.54, 1.807) is 6.92 Å². The molecule has 1 heterocycles. The summed E-state index contributed by atoms with van der Waals surface area (Å²) in [6.45, 7) is 3.42. The SMILES string of the molecule is CCOC(=O)Cc1cc(C(F)F)nc(C)c1Cl. The number of carbonyl (C=O) groups excluding carboxylic acids is 1. The van der Waals surface area contributed by atoms with Gasteiger partial charge in [-0.1, -0.05) is 11.6 Å². The van der Waals surface area contributed by atoms with Crippen LogP contribution in [0.4, 0.5) is 8.78 Å². The van der Waals surface area contributed by atoms with Crippen LogP contribution < -0.4 is 0 Å². The third kappa shape index (κ3) is 3.63. The number of hydrogen-bond donors (Lipinski definition) is 0. The van der Waals surface area contributed by atoms with Crippen molar-refractivity contribution in [2.75, 3.05) is 6.61 Å². The highest BCUT2D eigenvalue weighted by molar-refractivity contribution is 6.32. The van der Waals surface area contributed by atoms with Crippen molar-refractivity contribution in [3.05, 3.63) is 28.0 Å². The first-order chi connectivity index (χ1) is 7.95. The first-order valence-corrected chi connectivity index (χ1v) is 5.43. The number of hydrogen-bond acceptors (Lipinski definition) is 3. The number of ether oxygens (including phenoxy) is 1. The van der Waals surface area contributed by atoms with E-state index in [2.05, 4.69) is 4.98 Å². The van der Waals surface area contributed by atoms with Gasteiger partial charge in [0.05, 0.1) is 23.7 Å². The van der Waals surface area contributed by atoms with Crippen LogP contribution in [0.3, 0.4) is 0 Å². The average molecular weight is 264 g/mol. The number of halogens is 3. The minimum Gasteiger partial charge on any atom is -0.466 e. The van der Waals surface area contributed by atoms with Crippen LogP contribution in [0.15, 0.2) is 6.07 Å². The zero-order valence-corrected chi connectivity index (χ0v) is 10.2. The Labute approximate surface area is 103 Å². The first-order valence-electron chi connectivity index (χ1n) is 5.05. The Bertz CT molecular complexity index is 424. The lowest BCUT2D eigenvalue weighted by atomic mass is 10.1. The summed E-state index contributed by atoms with van der Waals surface area (Å²) in [5.74, 6) is -0.500. The third-order valence-electron chi connectivity index (χ3n) is 2.08. The number of carbonyl (C=O) groups is 1. The summed E-state index contributed by atoms with van der Waals surface area (Å²) in [5.41, 5.74) is 0.211. The second-order valence-electron chi connectivity index (χ2n) is 3.39. The van der Waals surface area contributed by atoms with Crippen molar-refractivity contribution in [1.82, 2.24) is 4.98 Å². The molecule has 0 aliphatic rings. The minimum absolute atomic E-state index is 0.129. The lowest BCUT2D eigenvalue weighted by molar-refractivity contribution is -0.142. The second-order valence-corrected chi connectivity index (χ2v) is 3.77. The molecule has 0 N–H and O–H groups in total. The van der Waals surface area contributed by atoms with E-state index >= 15 is 0 Å². The van der Waals surface area contributed by atoms with Crippen molar-refractivity contribution >= 4 is 17.6 Å². The van der Waals surface area contributed by atoms with E-state index in [0.717, 1.165) is 6.07 Å². The van der Waals surface area contributed by atoms with Gasteiger partial charge in [-0.25, -0.2) is 8.78 Å². The smallest absolute Gasteiger partial charge is 0.310 e. The number of rotatable bonds is 4. The summed E-state index contributed by atoms with van der Waals surface area (Å²) < 4.78 is 29.8. The van der Waals surface area contributed by atoms with Gasteiger partial charge in [0.1, 0.15) is 5.69 Å². The van der Waals surface area contributed by atoms with Gasteiger partial charge in [0.15, 0.2) is 0 Å². The molecule has 0 saturated carbocycles. The summed E-state index contributed by atoms with van der Waals surface area (Å²) >= 11 is 5.90. The van der Waals surface area contributed by atoms with Crippen LogP contribution in [0.25, 0.3) is 0 Å². The Morgan fingerprint density at radius 1 is 1.59 bits per heavy atom. The van der Waals surface area contributed by atoms with Gasteiger partial charge in [0.25, 0.3) is 6.43 Å². The predicted molar refractivity (Wildman–Crippen MR) is 59.3 cm³/mol. The molecule has 0 spiro atoms. The summed E-state index contributed by atoms with van der Waals surface area (Å²) in [6, 6.07) is 1.14. The van der Waals surface area contributed by atoms with Crippen molar-refractivity contribution in [2.45, 2.75) is 26.7 Å². The molecule has 94 valence electrons. The monoisotopic (exact) mass is 263 g/mol. The zero-order valence-electron chi connectivity index (χ0n) is 9.47. The molecule has 0 aromatic carbocycles. The van der Waals surface area contributed by atoms with E-state index < -0.39 is 12.4 Å². The molecule has 0 aliphatic heterocycles. The predicted octanol–water partition coefficient (Wildman–Crippen LogP) is 3.09. The highest BCUT2D eigenvalue weighted by Gasteiger charge is 2.16. The minimum atomic E-state index is -2.69.